The van der Waals surface area contributed by atoms with Crippen molar-refractivity contribution >= 4 is 17.7 Å². The second-order valence-corrected chi connectivity index (χ2v) is 5.90. The Balaban J connectivity index is 2.03. The molecule has 0 aliphatic carbocycles. The van der Waals surface area contributed by atoms with Crippen LogP contribution in [0, 0.1) is 5.92 Å². The summed E-state index contributed by atoms with van der Waals surface area (Å²) < 4.78 is 5.38. The number of hydrogen-bond donors (Lipinski definition) is 1. The van der Waals surface area contributed by atoms with E-state index in [1.165, 1.54) is 18.6 Å². The Morgan fingerprint density at radius 1 is 1.53 bits per heavy atom. The summed E-state index contributed by atoms with van der Waals surface area (Å²) >= 11 is 1.99. The molecule has 0 aromatic carbocycles. The molecule has 0 spiro atoms. The molecule has 2 rings (SSSR count). The fraction of sp³-hybridized carbons (Fsp3) is 0.917. The lowest BCUT2D eigenvalue weighted by Crippen LogP contribution is -2.50. The molecule has 3 unspecified atom stereocenters. The molecule has 0 amide bonds. The molecule has 4 nitrogen and oxygen atoms in total. The van der Waals surface area contributed by atoms with Crippen LogP contribution in [0.15, 0.2) is 0 Å². The number of likely N-dealkylation sites (N-methyl/N-ethyl adjacent to an activating group) is 1. The van der Waals surface area contributed by atoms with E-state index in [2.05, 4.69) is 11.8 Å². The Morgan fingerprint density at radius 3 is 2.94 bits per heavy atom. The minimum Gasteiger partial charge on any atom is -0.481 e. The second-order valence-electron chi connectivity index (χ2n) is 4.75. The average molecular weight is 259 g/mol. The predicted molar refractivity (Wildman–Crippen MR) is 68.5 cm³/mol. The van der Waals surface area contributed by atoms with Gasteiger partial charge in [0.25, 0.3) is 0 Å². The molecule has 0 aromatic heterocycles. The molecule has 98 valence electrons. The summed E-state index contributed by atoms with van der Waals surface area (Å²) in [5.74, 6) is 1.32. The highest BCUT2D eigenvalue weighted by Gasteiger charge is 2.40. The zero-order valence-corrected chi connectivity index (χ0v) is 11.1. The number of ether oxygens (including phenoxy) is 1. The summed E-state index contributed by atoms with van der Waals surface area (Å²) in [6, 6.07) is 0.605. The van der Waals surface area contributed by atoms with Gasteiger partial charge in [-0.15, -0.1) is 0 Å². The maximum absolute atomic E-state index is 11.2. The number of thioether (sulfide) groups is 1. The van der Waals surface area contributed by atoms with Crippen LogP contribution in [0.25, 0.3) is 0 Å². The van der Waals surface area contributed by atoms with Crippen LogP contribution in [0.1, 0.15) is 19.8 Å². The molecule has 5 heteroatoms. The smallest absolute Gasteiger partial charge is 0.310 e. The number of carboxylic acids is 1. The third kappa shape index (κ3) is 2.95. The molecule has 0 aromatic rings. The monoisotopic (exact) mass is 259 g/mol. The van der Waals surface area contributed by atoms with Gasteiger partial charge in [-0.1, -0.05) is 6.92 Å². The normalized spacial score (nSPS) is 34.1. The van der Waals surface area contributed by atoms with Crippen LogP contribution >= 0.6 is 11.8 Å². The molecule has 0 saturated carbocycles. The fourth-order valence-electron chi connectivity index (χ4n) is 2.85. The van der Waals surface area contributed by atoms with Crippen LogP contribution < -0.4 is 0 Å². The van der Waals surface area contributed by atoms with Crippen LogP contribution in [0.4, 0.5) is 0 Å². The van der Waals surface area contributed by atoms with Crippen molar-refractivity contribution in [1.82, 2.24) is 4.90 Å². The number of hydrogen-bond acceptors (Lipinski definition) is 4. The molecular weight excluding hydrogens is 238 g/mol. The van der Waals surface area contributed by atoms with Gasteiger partial charge in [0, 0.05) is 17.8 Å². The molecule has 2 aliphatic heterocycles. The van der Waals surface area contributed by atoms with E-state index in [1.54, 1.807) is 0 Å². The highest BCUT2D eigenvalue weighted by atomic mass is 32.2. The molecule has 2 fully saturated rings. The second kappa shape index (κ2) is 6.07. The quantitative estimate of drug-likeness (QED) is 0.825. The van der Waals surface area contributed by atoms with Gasteiger partial charge in [-0.05, 0) is 25.1 Å². The minimum atomic E-state index is -0.714. The number of carboxylic acid groups (broad SMARTS) is 1. The maximum Gasteiger partial charge on any atom is 0.310 e. The van der Waals surface area contributed by atoms with Crippen LogP contribution in [-0.4, -0.2) is 59.3 Å². The molecule has 2 heterocycles. The van der Waals surface area contributed by atoms with Crippen LogP contribution in [0.3, 0.4) is 0 Å². The number of aliphatic carboxylic acids is 1. The van der Waals surface area contributed by atoms with Crippen molar-refractivity contribution in [2.24, 2.45) is 5.92 Å². The van der Waals surface area contributed by atoms with E-state index in [4.69, 9.17) is 4.74 Å². The lowest BCUT2D eigenvalue weighted by molar-refractivity contribution is -0.143. The maximum atomic E-state index is 11.2. The van der Waals surface area contributed by atoms with Crippen LogP contribution in [0.5, 0.6) is 0 Å². The Morgan fingerprint density at radius 2 is 2.35 bits per heavy atom. The SMILES string of the molecule is CCN(C1CCCSC1)C1COCC1C(=O)O. The predicted octanol–water partition coefficient (Wildman–Crippen LogP) is 1.30. The zero-order valence-electron chi connectivity index (χ0n) is 10.3. The summed E-state index contributed by atoms with van der Waals surface area (Å²) in [7, 11) is 0. The standard InChI is InChI=1S/C12H21NO3S/c1-2-13(9-4-3-5-17-8-9)11-7-16-6-10(11)12(14)15/h9-11H,2-8H2,1H3,(H,14,15). The van der Waals surface area contributed by atoms with Gasteiger partial charge < -0.3 is 9.84 Å². The van der Waals surface area contributed by atoms with Gasteiger partial charge in [0.05, 0.1) is 19.1 Å². The Kier molecular flexibility index (Phi) is 4.70. The largest absolute Gasteiger partial charge is 0.481 e. The van der Waals surface area contributed by atoms with E-state index in [0.29, 0.717) is 19.3 Å². The van der Waals surface area contributed by atoms with Gasteiger partial charge in [-0.2, -0.15) is 11.8 Å². The van der Waals surface area contributed by atoms with Crippen molar-refractivity contribution in [1.29, 1.82) is 0 Å². The number of carbonyl (C=O) groups is 1. The summed E-state index contributed by atoms with van der Waals surface area (Å²) in [5, 5.41) is 9.21. The van der Waals surface area contributed by atoms with Gasteiger partial charge >= 0.3 is 5.97 Å². The molecule has 2 saturated heterocycles. The fourth-order valence-corrected chi connectivity index (χ4v) is 4.02. The van der Waals surface area contributed by atoms with Crippen LogP contribution in [0.2, 0.25) is 0 Å². The third-order valence-electron chi connectivity index (χ3n) is 3.76. The summed E-state index contributed by atoms with van der Waals surface area (Å²) in [6.45, 7) is 3.99. The topological polar surface area (TPSA) is 49.8 Å². The summed E-state index contributed by atoms with van der Waals surface area (Å²) in [6.07, 6.45) is 2.45. The molecule has 2 aliphatic rings. The summed E-state index contributed by atoms with van der Waals surface area (Å²) in [4.78, 5) is 13.6. The van der Waals surface area contributed by atoms with Crippen molar-refractivity contribution in [3.05, 3.63) is 0 Å². The lowest BCUT2D eigenvalue weighted by Gasteiger charge is -2.38. The van der Waals surface area contributed by atoms with E-state index in [1.807, 2.05) is 11.8 Å². The first kappa shape index (κ1) is 13.2. The molecule has 17 heavy (non-hydrogen) atoms. The van der Waals surface area contributed by atoms with Crippen molar-refractivity contribution in [2.45, 2.75) is 31.8 Å². The number of rotatable bonds is 4. The van der Waals surface area contributed by atoms with Crippen LogP contribution in [-0.2, 0) is 9.53 Å². The molecular formula is C12H21NO3S. The highest BCUT2D eigenvalue weighted by molar-refractivity contribution is 7.99. The Hall–Kier alpha value is -0.260. The first-order chi connectivity index (χ1) is 8.24. The molecule has 0 radical (unpaired) electrons. The average Bonchev–Trinajstić information content (AvgIpc) is 2.81. The molecule has 1 N–H and O–H groups in total. The van der Waals surface area contributed by atoms with E-state index < -0.39 is 5.97 Å². The van der Waals surface area contributed by atoms with Crippen molar-refractivity contribution in [3.8, 4) is 0 Å². The van der Waals surface area contributed by atoms with Crippen molar-refractivity contribution in [3.63, 3.8) is 0 Å². The van der Waals surface area contributed by atoms with Crippen molar-refractivity contribution < 1.29 is 14.6 Å². The summed E-state index contributed by atoms with van der Waals surface area (Å²) in [5.41, 5.74) is 0. The van der Waals surface area contributed by atoms with E-state index >= 15 is 0 Å². The van der Waals surface area contributed by atoms with E-state index in [0.717, 1.165) is 12.3 Å². The lowest BCUT2D eigenvalue weighted by atomic mass is 9.99. The van der Waals surface area contributed by atoms with Gasteiger partial charge in [-0.25, -0.2) is 0 Å². The van der Waals surface area contributed by atoms with Gasteiger partial charge in [0.15, 0.2) is 0 Å². The Bertz CT molecular complexity index is 268. The first-order valence-corrected chi connectivity index (χ1v) is 7.53. The molecule has 3 atom stereocenters. The van der Waals surface area contributed by atoms with E-state index in [9.17, 15) is 9.90 Å². The minimum absolute atomic E-state index is 0.0706. The highest BCUT2D eigenvalue weighted by Crippen LogP contribution is 2.28. The van der Waals surface area contributed by atoms with Gasteiger partial charge in [0.1, 0.15) is 0 Å². The zero-order chi connectivity index (χ0) is 12.3. The molecule has 0 bridgehead atoms. The van der Waals surface area contributed by atoms with Gasteiger partial charge in [0.2, 0.25) is 0 Å². The van der Waals surface area contributed by atoms with Gasteiger partial charge in [-0.3, -0.25) is 9.69 Å². The first-order valence-electron chi connectivity index (χ1n) is 6.38. The van der Waals surface area contributed by atoms with Crippen molar-refractivity contribution in [2.75, 3.05) is 31.3 Å². The van der Waals surface area contributed by atoms with E-state index in [-0.39, 0.29) is 12.0 Å². The Labute approximate surface area is 107 Å². The number of nitrogens with zero attached hydrogens (tertiary/aromatic N) is 1. The third-order valence-corrected chi connectivity index (χ3v) is 4.96.